The quantitative estimate of drug-likeness (QED) is 0.854. The first-order chi connectivity index (χ1) is 10.1. The normalized spacial score (nSPS) is 10.5. The molecule has 1 N–H and O–H groups in total. The second-order valence-corrected chi connectivity index (χ2v) is 4.99. The topological polar surface area (TPSA) is 56.3 Å². The molecular formula is C14H15BrFN3O2. The number of nitrogens with one attached hydrogen (secondary N) is 1. The summed E-state index contributed by atoms with van der Waals surface area (Å²) in [7, 11) is 1.73. The highest BCUT2D eigenvalue weighted by atomic mass is 79.9. The molecule has 0 fully saturated rings. The Morgan fingerprint density at radius 2 is 2.10 bits per heavy atom. The summed E-state index contributed by atoms with van der Waals surface area (Å²) in [5.41, 5.74) is 0. The molecule has 0 radical (unpaired) electrons. The molecule has 0 atom stereocenters. The molecule has 2 aromatic rings. The van der Waals surface area contributed by atoms with E-state index in [0.717, 1.165) is 4.47 Å². The van der Waals surface area contributed by atoms with E-state index in [-0.39, 0.29) is 18.2 Å². The van der Waals surface area contributed by atoms with Gasteiger partial charge in [-0.1, -0.05) is 15.9 Å². The zero-order valence-electron chi connectivity index (χ0n) is 11.7. The molecule has 0 unspecified atom stereocenters. The minimum Gasteiger partial charge on any atom is -0.436 e. The van der Waals surface area contributed by atoms with Gasteiger partial charge in [0.05, 0.1) is 0 Å². The minimum atomic E-state index is -0.464. The Hall–Kier alpha value is -1.73. The molecule has 1 aromatic carbocycles. The Kier molecular flexibility index (Phi) is 5.46. The molecule has 7 heteroatoms. The van der Waals surface area contributed by atoms with E-state index >= 15 is 0 Å². The smallest absolute Gasteiger partial charge is 0.224 e. The second kappa shape index (κ2) is 7.33. The fraction of sp³-hybridized carbons (Fsp3) is 0.286. The molecule has 0 saturated carbocycles. The summed E-state index contributed by atoms with van der Waals surface area (Å²) in [5, 5.41) is 2.91. The van der Waals surface area contributed by atoms with Crippen LogP contribution in [0.1, 0.15) is 12.7 Å². The van der Waals surface area contributed by atoms with Crippen molar-refractivity contribution in [3.05, 3.63) is 40.4 Å². The molecule has 0 saturated heterocycles. The number of nitrogens with zero attached hydrogens (tertiary/aromatic N) is 2. The fourth-order valence-corrected chi connectivity index (χ4v) is 1.92. The molecule has 21 heavy (non-hydrogen) atoms. The molecule has 0 aliphatic carbocycles. The lowest BCUT2D eigenvalue weighted by atomic mass is 10.3. The Morgan fingerprint density at radius 3 is 2.81 bits per heavy atom. The van der Waals surface area contributed by atoms with Crippen LogP contribution < -0.4 is 10.1 Å². The van der Waals surface area contributed by atoms with Gasteiger partial charge >= 0.3 is 0 Å². The summed E-state index contributed by atoms with van der Waals surface area (Å²) < 4.78 is 25.2. The average molecular weight is 356 g/mol. The molecule has 0 amide bonds. The van der Waals surface area contributed by atoms with Crippen molar-refractivity contribution in [2.24, 2.45) is 0 Å². The van der Waals surface area contributed by atoms with Crippen molar-refractivity contribution in [1.29, 1.82) is 0 Å². The van der Waals surface area contributed by atoms with Crippen LogP contribution in [0.2, 0.25) is 0 Å². The van der Waals surface area contributed by atoms with Gasteiger partial charge in [0.25, 0.3) is 0 Å². The predicted octanol–water partition coefficient (Wildman–Crippen LogP) is 3.75. The standard InChI is InChI=1S/C14H15BrFN3O2/c1-3-20-8-13-18-12(17-2)7-14(19-13)21-11-6-9(15)4-5-10(11)16/h4-7H,3,8H2,1-2H3,(H,17,18,19). The zero-order chi connectivity index (χ0) is 15.2. The molecule has 0 bridgehead atoms. The molecule has 2 rings (SSSR count). The highest BCUT2D eigenvalue weighted by molar-refractivity contribution is 9.10. The predicted molar refractivity (Wildman–Crippen MR) is 81.1 cm³/mol. The average Bonchev–Trinajstić information content (AvgIpc) is 2.48. The number of rotatable bonds is 6. The van der Waals surface area contributed by atoms with Crippen LogP contribution in [0, 0.1) is 5.82 Å². The number of benzene rings is 1. The summed E-state index contributed by atoms with van der Waals surface area (Å²) >= 11 is 3.27. The number of halogens is 2. The first-order valence-electron chi connectivity index (χ1n) is 6.38. The van der Waals surface area contributed by atoms with Crippen LogP contribution in [0.15, 0.2) is 28.7 Å². The van der Waals surface area contributed by atoms with E-state index in [1.54, 1.807) is 25.2 Å². The van der Waals surface area contributed by atoms with Crippen molar-refractivity contribution in [3.8, 4) is 11.6 Å². The molecule has 1 heterocycles. The van der Waals surface area contributed by atoms with Crippen LogP contribution >= 0.6 is 15.9 Å². The van der Waals surface area contributed by atoms with Crippen LogP contribution in [0.3, 0.4) is 0 Å². The summed E-state index contributed by atoms with van der Waals surface area (Å²) in [6.45, 7) is 2.71. The Labute approximate surface area is 130 Å². The molecule has 0 spiro atoms. The molecular weight excluding hydrogens is 341 g/mol. The number of aromatic nitrogens is 2. The highest BCUT2D eigenvalue weighted by Crippen LogP contribution is 2.27. The van der Waals surface area contributed by atoms with Crippen LogP contribution in [0.25, 0.3) is 0 Å². The SMILES string of the molecule is CCOCc1nc(NC)cc(Oc2cc(Br)ccc2F)n1. The van der Waals surface area contributed by atoms with Crippen molar-refractivity contribution < 1.29 is 13.9 Å². The van der Waals surface area contributed by atoms with Gasteiger partial charge in [-0.2, -0.15) is 4.98 Å². The first-order valence-corrected chi connectivity index (χ1v) is 7.18. The third kappa shape index (κ3) is 4.37. The molecule has 0 aliphatic rings. The van der Waals surface area contributed by atoms with E-state index in [4.69, 9.17) is 9.47 Å². The summed E-state index contributed by atoms with van der Waals surface area (Å²) in [4.78, 5) is 8.45. The minimum absolute atomic E-state index is 0.0903. The number of anilines is 1. The Bertz CT molecular complexity index is 625. The maximum Gasteiger partial charge on any atom is 0.224 e. The van der Waals surface area contributed by atoms with Crippen LogP contribution in [0.4, 0.5) is 10.2 Å². The van der Waals surface area contributed by atoms with Crippen LogP contribution in [0.5, 0.6) is 11.6 Å². The maximum atomic E-state index is 13.7. The lowest BCUT2D eigenvalue weighted by Gasteiger charge is -2.10. The van der Waals surface area contributed by atoms with E-state index in [2.05, 4.69) is 31.2 Å². The lowest BCUT2D eigenvalue weighted by Crippen LogP contribution is -2.04. The fourth-order valence-electron chi connectivity index (χ4n) is 1.58. The molecule has 112 valence electrons. The van der Waals surface area contributed by atoms with Gasteiger partial charge in [-0.25, -0.2) is 9.37 Å². The number of hydrogen-bond donors (Lipinski definition) is 1. The largest absolute Gasteiger partial charge is 0.436 e. The van der Waals surface area contributed by atoms with Gasteiger partial charge in [-0.3, -0.25) is 0 Å². The van der Waals surface area contributed by atoms with Gasteiger partial charge in [0.1, 0.15) is 12.4 Å². The molecule has 0 aliphatic heterocycles. The number of ether oxygens (including phenoxy) is 2. The first kappa shape index (κ1) is 15.7. The third-order valence-electron chi connectivity index (χ3n) is 2.55. The van der Waals surface area contributed by atoms with Crippen molar-refractivity contribution in [2.75, 3.05) is 19.0 Å². The van der Waals surface area contributed by atoms with Crippen molar-refractivity contribution in [1.82, 2.24) is 9.97 Å². The van der Waals surface area contributed by atoms with E-state index in [0.29, 0.717) is 18.2 Å². The highest BCUT2D eigenvalue weighted by Gasteiger charge is 2.10. The van der Waals surface area contributed by atoms with E-state index in [9.17, 15) is 4.39 Å². The van der Waals surface area contributed by atoms with E-state index in [1.807, 2.05) is 6.92 Å². The summed E-state index contributed by atoms with van der Waals surface area (Å²) in [6.07, 6.45) is 0. The van der Waals surface area contributed by atoms with Gasteiger partial charge in [0.15, 0.2) is 17.4 Å². The lowest BCUT2D eigenvalue weighted by molar-refractivity contribution is 0.128. The van der Waals surface area contributed by atoms with Gasteiger partial charge in [-0.15, -0.1) is 0 Å². The van der Waals surface area contributed by atoms with Gasteiger partial charge in [0.2, 0.25) is 5.88 Å². The van der Waals surface area contributed by atoms with Crippen molar-refractivity contribution in [2.45, 2.75) is 13.5 Å². The molecule has 5 nitrogen and oxygen atoms in total. The van der Waals surface area contributed by atoms with Gasteiger partial charge in [-0.05, 0) is 25.1 Å². The summed E-state index contributed by atoms with van der Waals surface area (Å²) in [5.74, 6) is 0.918. The van der Waals surface area contributed by atoms with Gasteiger partial charge < -0.3 is 14.8 Å². The van der Waals surface area contributed by atoms with Crippen molar-refractivity contribution >= 4 is 21.7 Å². The van der Waals surface area contributed by atoms with E-state index in [1.165, 1.54) is 6.07 Å². The van der Waals surface area contributed by atoms with Crippen LogP contribution in [-0.2, 0) is 11.3 Å². The maximum absolute atomic E-state index is 13.7. The van der Waals surface area contributed by atoms with Crippen LogP contribution in [-0.4, -0.2) is 23.6 Å². The second-order valence-electron chi connectivity index (χ2n) is 4.07. The summed E-state index contributed by atoms with van der Waals surface area (Å²) in [6, 6.07) is 6.05. The Morgan fingerprint density at radius 1 is 1.29 bits per heavy atom. The van der Waals surface area contributed by atoms with E-state index < -0.39 is 5.82 Å². The molecule has 1 aromatic heterocycles. The van der Waals surface area contributed by atoms with Gasteiger partial charge in [0, 0.05) is 24.2 Å². The monoisotopic (exact) mass is 355 g/mol. The third-order valence-corrected chi connectivity index (χ3v) is 3.04. The zero-order valence-corrected chi connectivity index (χ0v) is 13.3. The van der Waals surface area contributed by atoms with Crippen molar-refractivity contribution in [3.63, 3.8) is 0 Å². The number of hydrogen-bond acceptors (Lipinski definition) is 5. The Balaban J connectivity index is 2.27.